The Morgan fingerprint density at radius 1 is 1.15 bits per heavy atom. The lowest BCUT2D eigenvalue weighted by atomic mass is 10.0. The molecule has 1 aliphatic heterocycles. The fourth-order valence-corrected chi connectivity index (χ4v) is 3.18. The quantitative estimate of drug-likeness (QED) is 0.754. The summed E-state index contributed by atoms with van der Waals surface area (Å²) in [7, 11) is 0. The minimum atomic E-state index is -4.33. The number of halogens is 3. The van der Waals surface area contributed by atoms with Crippen molar-refractivity contribution in [1.29, 1.82) is 0 Å². The van der Waals surface area contributed by atoms with Crippen LogP contribution in [-0.4, -0.2) is 47.2 Å². The molecule has 2 rings (SSSR count). The summed E-state index contributed by atoms with van der Waals surface area (Å²) in [5.41, 5.74) is -0.350. The minimum Gasteiger partial charge on any atom is -0.444 e. The van der Waals surface area contributed by atoms with E-state index in [0.29, 0.717) is 19.6 Å². The van der Waals surface area contributed by atoms with Crippen LogP contribution < -0.4 is 0 Å². The average molecular weight is 372 g/mol. The second kappa shape index (κ2) is 7.47. The lowest BCUT2D eigenvalue weighted by Gasteiger charge is -2.43. The summed E-state index contributed by atoms with van der Waals surface area (Å²) in [4.78, 5) is 16.1. The largest absolute Gasteiger partial charge is 0.444 e. The van der Waals surface area contributed by atoms with Crippen molar-refractivity contribution in [2.24, 2.45) is 0 Å². The van der Waals surface area contributed by atoms with Crippen LogP contribution in [0.15, 0.2) is 24.3 Å². The zero-order valence-electron chi connectivity index (χ0n) is 15.9. The van der Waals surface area contributed by atoms with Gasteiger partial charge in [-0.25, -0.2) is 4.79 Å². The number of ether oxygens (including phenoxy) is 1. The van der Waals surface area contributed by atoms with E-state index in [0.717, 1.165) is 17.7 Å². The first-order valence-corrected chi connectivity index (χ1v) is 8.79. The molecule has 0 aromatic heterocycles. The average Bonchev–Trinajstić information content (AvgIpc) is 2.52. The SMILES string of the molecule is C[C@H]1CN(C(=O)OC(C)(C)C)CCN1[C@@H](C)c1ccc(C(F)(F)F)cc1. The molecule has 26 heavy (non-hydrogen) atoms. The molecular weight excluding hydrogens is 345 g/mol. The van der Waals surface area contributed by atoms with Crippen molar-refractivity contribution >= 4 is 6.09 Å². The fourth-order valence-electron chi connectivity index (χ4n) is 3.18. The summed E-state index contributed by atoms with van der Waals surface area (Å²) < 4.78 is 43.6. The van der Waals surface area contributed by atoms with Crippen molar-refractivity contribution in [2.45, 2.75) is 58.5 Å². The van der Waals surface area contributed by atoms with Gasteiger partial charge in [0.15, 0.2) is 0 Å². The lowest BCUT2D eigenvalue weighted by molar-refractivity contribution is -0.137. The van der Waals surface area contributed by atoms with Gasteiger partial charge in [-0.05, 0) is 52.3 Å². The van der Waals surface area contributed by atoms with E-state index in [-0.39, 0.29) is 18.2 Å². The van der Waals surface area contributed by atoms with Gasteiger partial charge in [-0.15, -0.1) is 0 Å². The van der Waals surface area contributed by atoms with Crippen molar-refractivity contribution in [3.8, 4) is 0 Å². The number of hydrogen-bond acceptors (Lipinski definition) is 3. The fraction of sp³-hybridized carbons (Fsp3) is 0.632. The van der Waals surface area contributed by atoms with Gasteiger partial charge >= 0.3 is 12.3 Å². The number of hydrogen-bond donors (Lipinski definition) is 0. The molecule has 2 atom stereocenters. The normalized spacial score (nSPS) is 20.8. The molecule has 0 aliphatic carbocycles. The first-order valence-electron chi connectivity index (χ1n) is 8.79. The third kappa shape index (κ3) is 5.13. The number of nitrogens with zero attached hydrogens (tertiary/aromatic N) is 2. The maximum Gasteiger partial charge on any atom is 0.416 e. The van der Waals surface area contributed by atoms with Crippen LogP contribution in [0.25, 0.3) is 0 Å². The molecule has 1 fully saturated rings. The highest BCUT2D eigenvalue weighted by atomic mass is 19.4. The van der Waals surface area contributed by atoms with Gasteiger partial charge in [0.1, 0.15) is 5.60 Å². The van der Waals surface area contributed by atoms with Gasteiger partial charge in [0.05, 0.1) is 5.56 Å². The van der Waals surface area contributed by atoms with E-state index in [2.05, 4.69) is 4.90 Å². The summed E-state index contributed by atoms with van der Waals surface area (Å²) in [6.45, 7) is 11.2. The maximum atomic E-state index is 12.7. The number of carbonyl (C=O) groups is 1. The Hall–Kier alpha value is -1.76. The van der Waals surface area contributed by atoms with Crippen LogP contribution in [-0.2, 0) is 10.9 Å². The Labute approximate surface area is 152 Å². The van der Waals surface area contributed by atoms with Crippen LogP contribution in [0.5, 0.6) is 0 Å². The number of rotatable bonds is 2. The number of amides is 1. The molecule has 0 bridgehead atoms. The highest BCUT2D eigenvalue weighted by molar-refractivity contribution is 5.68. The molecule has 1 aliphatic rings. The van der Waals surface area contributed by atoms with Gasteiger partial charge in [0.2, 0.25) is 0 Å². The molecule has 1 amide bonds. The first kappa shape index (κ1) is 20.6. The maximum absolute atomic E-state index is 12.7. The van der Waals surface area contributed by atoms with E-state index >= 15 is 0 Å². The van der Waals surface area contributed by atoms with Crippen LogP contribution in [0.2, 0.25) is 0 Å². The van der Waals surface area contributed by atoms with Crippen molar-refractivity contribution in [2.75, 3.05) is 19.6 Å². The highest BCUT2D eigenvalue weighted by Crippen LogP contribution is 2.31. The predicted octanol–water partition coefficient (Wildman–Crippen LogP) is 4.71. The molecule has 0 spiro atoms. The number of alkyl halides is 3. The smallest absolute Gasteiger partial charge is 0.416 e. The molecule has 0 N–H and O–H groups in total. The van der Waals surface area contributed by atoms with Gasteiger partial charge < -0.3 is 9.64 Å². The van der Waals surface area contributed by atoms with Crippen molar-refractivity contribution in [3.05, 3.63) is 35.4 Å². The Kier molecular flexibility index (Phi) is 5.90. The summed E-state index contributed by atoms with van der Waals surface area (Å²) >= 11 is 0. The van der Waals surface area contributed by atoms with Gasteiger partial charge in [0.25, 0.3) is 0 Å². The molecule has 1 aromatic carbocycles. The zero-order chi connectivity index (χ0) is 19.7. The van der Waals surface area contributed by atoms with E-state index < -0.39 is 17.3 Å². The zero-order valence-corrected chi connectivity index (χ0v) is 15.9. The van der Waals surface area contributed by atoms with E-state index in [4.69, 9.17) is 4.74 Å². The van der Waals surface area contributed by atoms with Gasteiger partial charge in [-0.2, -0.15) is 13.2 Å². The van der Waals surface area contributed by atoms with E-state index in [1.807, 2.05) is 34.6 Å². The van der Waals surface area contributed by atoms with Crippen molar-refractivity contribution in [3.63, 3.8) is 0 Å². The number of benzene rings is 1. The van der Waals surface area contributed by atoms with Gasteiger partial charge in [-0.1, -0.05) is 12.1 Å². The number of carbonyl (C=O) groups excluding carboxylic acids is 1. The molecule has 0 saturated carbocycles. The third-order valence-electron chi connectivity index (χ3n) is 4.55. The highest BCUT2D eigenvalue weighted by Gasteiger charge is 2.33. The van der Waals surface area contributed by atoms with E-state index in [1.165, 1.54) is 12.1 Å². The lowest BCUT2D eigenvalue weighted by Crippen LogP contribution is -2.54. The molecule has 0 radical (unpaired) electrons. The molecule has 1 heterocycles. The monoisotopic (exact) mass is 372 g/mol. The molecule has 4 nitrogen and oxygen atoms in total. The van der Waals surface area contributed by atoms with Crippen LogP contribution in [0.3, 0.4) is 0 Å². The molecule has 1 aromatic rings. The topological polar surface area (TPSA) is 32.8 Å². The Balaban J connectivity index is 2.01. The van der Waals surface area contributed by atoms with Gasteiger partial charge in [0, 0.05) is 31.7 Å². The molecule has 7 heteroatoms. The summed E-state index contributed by atoms with van der Waals surface area (Å²) in [5.74, 6) is 0. The number of piperazine rings is 1. The van der Waals surface area contributed by atoms with Crippen LogP contribution in [0.1, 0.15) is 51.8 Å². The minimum absolute atomic E-state index is 0.0342. The van der Waals surface area contributed by atoms with Crippen LogP contribution in [0.4, 0.5) is 18.0 Å². The van der Waals surface area contributed by atoms with Crippen molar-refractivity contribution < 1.29 is 22.7 Å². The Bertz CT molecular complexity index is 623. The second-order valence-electron chi connectivity index (χ2n) is 7.81. The second-order valence-corrected chi connectivity index (χ2v) is 7.81. The molecular formula is C19H27F3N2O2. The molecule has 146 valence electrons. The summed E-state index contributed by atoms with van der Waals surface area (Å²) in [6.07, 6.45) is -4.65. The standard InChI is InChI=1S/C19H27F3N2O2/c1-13-12-23(17(25)26-18(3,4)5)10-11-24(13)14(2)15-6-8-16(9-7-15)19(20,21)22/h6-9,13-14H,10-12H2,1-5H3/t13-,14-/m0/s1. The Morgan fingerprint density at radius 2 is 1.73 bits per heavy atom. The van der Waals surface area contributed by atoms with Crippen molar-refractivity contribution in [1.82, 2.24) is 9.80 Å². The first-order chi connectivity index (χ1) is 11.9. The summed E-state index contributed by atoms with van der Waals surface area (Å²) in [6, 6.07) is 5.34. The van der Waals surface area contributed by atoms with Crippen LogP contribution >= 0.6 is 0 Å². The Morgan fingerprint density at radius 3 is 2.19 bits per heavy atom. The molecule has 1 saturated heterocycles. The van der Waals surface area contributed by atoms with E-state index in [1.54, 1.807) is 4.90 Å². The summed E-state index contributed by atoms with van der Waals surface area (Å²) in [5, 5.41) is 0. The third-order valence-corrected chi connectivity index (χ3v) is 4.55. The predicted molar refractivity (Wildman–Crippen MR) is 93.8 cm³/mol. The molecule has 0 unspecified atom stereocenters. The van der Waals surface area contributed by atoms with Crippen LogP contribution in [0, 0.1) is 0 Å². The van der Waals surface area contributed by atoms with Gasteiger partial charge in [-0.3, -0.25) is 4.90 Å². The van der Waals surface area contributed by atoms with E-state index in [9.17, 15) is 18.0 Å².